The number of anilines is 4. The number of nitrogens with one attached hydrogen (secondary N) is 1. The van der Waals surface area contributed by atoms with Gasteiger partial charge in [-0.3, -0.25) is 19.4 Å². The Morgan fingerprint density at radius 2 is 1.84 bits per heavy atom. The van der Waals surface area contributed by atoms with Gasteiger partial charge >= 0.3 is 6.09 Å². The molecule has 3 amide bonds. The van der Waals surface area contributed by atoms with E-state index in [1.54, 1.807) is 39.0 Å². The van der Waals surface area contributed by atoms with Crippen molar-refractivity contribution in [3.63, 3.8) is 0 Å². The Balaban J connectivity index is 1.83. The van der Waals surface area contributed by atoms with Crippen molar-refractivity contribution in [2.24, 2.45) is 0 Å². The first-order valence-electron chi connectivity index (χ1n) is 9.80. The van der Waals surface area contributed by atoms with Crippen molar-refractivity contribution in [2.75, 3.05) is 15.1 Å². The second-order valence-corrected chi connectivity index (χ2v) is 8.30. The van der Waals surface area contributed by atoms with E-state index >= 15 is 0 Å². The average molecular weight is 418 g/mol. The Kier molecular flexibility index (Phi) is 4.85. The summed E-state index contributed by atoms with van der Waals surface area (Å²) in [7, 11) is 0. The first-order valence-corrected chi connectivity index (χ1v) is 9.80. The van der Waals surface area contributed by atoms with Crippen LogP contribution in [0.25, 0.3) is 10.8 Å². The quantitative estimate of drug-likeness (QED) is 0.596. The zero-order chi connectivity index (χ0) is 22.3. The van der Waals surface area contributed by atoms with E-state index in [4.69, 9.17) is 0 Å². The van der Waals surface area contributed by atoms with Crippen molar-refractivity contribution in [3.05, 3.63) is 54.7 Å². The summed E-state index contributed by atoms with van der Waals surface area (Å²) in [5.41, 5.74) is 0.844. The lowest BCUT2D eigenvalue weighted by Gasteiger charge is -2.32. The Bertz CT molecular complexity index is 1200. The highest BCUT2D eigenvalue weighted by Crippen LogP contribution is 2.40. The predicted molar refractivity (Wildman–Crippen MR) is 119 cm³/mol. The lowest BCUT2D eigenvalue weighted by atomic mass is 10.1. The number of amides is 3. The Morgan fingerprint density at radius 1 is 1.10 bits per heavy atom. The highest BCUT2D eigenvalue weighted by Gasteiger charge is 2.31. The third-order valence-electron chi connectivity index (χ3n) is 5.06. The maximum absolute atomic E-state index is 12.9. The summed E-state index contributed by atoms with van der Waals surface area (Å²) in [5.74, 6) is -0.537. The number of carbonyl (C=O) groups excluding carboxylic acids is 2. The van der Waals surface area contributed by atoms with Gasteiger partial charge in [-0.2, -0.15) is 0 Å². The number of pyridine rings is 1. The molecule has 1 aliphatic rings. The highest BCUT2D eigenvalue weighted by molar-refractivity contribution is 6.21. The number of benzene rings is 2. The lowest BCUT2D eigenvalue weighted by molar-refractivity contribution is -0.124. The molecule has 4 rings (SSSR count). The number of fused-ring (bicyclic) bond motifs is 3. The molecule has 3 aromatic rings. The summed E-state index contributed by atoms with van der Waals surface area (Å²) in [6.07, 6.45) is 0.0164. The number of rotatable bonds is 2. The van der Waals surface area contributed by atoms with Crippen LogP contribution in [0.5, 0.6) is 0 Å². The molecule has 0 atom stereocenters. The van der Waals surface area contributed by atoms with Gasteiger partial charge in [0.15, 0.2) is 0 Å². The van der Waals surface area contributed by atoms with Gasteiger partial charge < -0.3 is 10.4 Å². The van der Waals surface area contributed by atoms with Crippen LogP contribution < -0.4 is 15.1 Å². The van der Waals surface area contributed by atoms with Gasteiger partial charge in [0.25, 0.3) is 0 Å². The van der Waals surface area contributed by atoms with Gasteiger partial charge in [-0.15, -0.1) is 0 Å². The van der Waals surface area contributed by atoms with E-state index < -0.39 is 17.5 Å². The standard InChI is InChI=1S/C23H22N4O4/c1-23(2,3)27(22(30)31)18-11-9-15(13-24-18)26-17-10-8-14-6-4-5-7-16(14)21(17)25-19(28)12-20(26)29/h4-11,13H,12H2,1-3H3,(H,25,28)(H,30,31). The average Bonchev–Trinajstić information content (AvgIpc) is 2.82. The van der Waals surface area contributed by atoms with Gasteiger partial charge in [0.1, 0.15) is 12.2 Å². The van der Waals surface area contributed by atoms with Crippen LogP contribution in [0.3, 0.4) is 0 Å². The zero-order valence-electron chi connectivity index (χ0n) is 17.4. The zero-order valence-corrected chi connectivity index (χ0v) is 17.4. The van der Waals surface area contributed by atoms with Crippen LogP contribution in [0.15, 0.2) is 54.7 Å². The van der Waals surface area contributed by atoms with E-state index in [2.05, 4.69) is 10.3 Å². The summed E-state index contributed by atoms with van der Waals surface area (Å²) in [6.45, 7) is 5.31. The minimum atomic E-state index is -1.12. The van der Waals surface area contributed by atoms with Crippen LogP contribution in [0.1, 0.15) is 27.2 Å². The maximum atomic E-state index is 12.9. The van der Waals surface area contributed by atoms with Gasteiger partial charge in [-0.25, -0.2) is 9.78 Å². The van der Waals surface area contributed by atoms with Gasteiger partial charge in [0, 0.05) is 10.9 Å². The summed E-state index contributed by atoms with van der Waals surface area (Å²) in [6, 6.07) is 14.5. The molecule has 1 aromatic heterocycles. The number of hydrogen-bond donors (Lipinski definition) is 2. The number of nitrogens with zero attached hydrogens (tertiary/aromatic N) is 3. The molecule has 2 aromatic carbocycles. The number of aromatic nitrogens is 1. The molecular weight excluding hydrogens is 396 g/mol. The van der Waals surface area contributed by atoms with Crippen molar-refractivity contribution >= 4 is 51.6 Å². The summed E-state index contributed by atoms with van der Waals surface area (Å²) in [4.78, 5) is 43.9. The molecule has 8 heteroatoms. The summed E-state index contributed by atoms with van der Waals surface area (Å²) in [5, 5.41) is 14.2. The number of carbonyl (C=O) groups is 3. The van der Waals surface area contributed by atoms with Crippen LogP contribution >= 0.6 is 0 Å². The fourth-order valence-corrected chi connectivity index (χ4v) is 3.77. The Hall–Kier alpha value is -3.94. The fourth-order valence-electron chi connectivity index (χ4n) is 3.77. The second-order valence-electron chi connectivity index (χ2n) is 8.30. The lowest BCUT2D eigenvalue weighted by Crippen LogP contribution is -2.45. The van der Waals surface area contributed by atoms with Gasteiger partial charge in [-0.1, -0.05) is 30.3 Å². The first kappa shape index (κ1) is 20.3. The molecule has 158 valence electrons. The number of carboxylic acid groups (broad SMARTS) is 1. The topological polar surface area (TPSA) is 103 Å². The minimum Gasteiger partial charge on any atom is -0.465 e. The van der Waals surface area contributed by atoms with Crippen molar-refractivity contribution < 1.29 is 19.5 Å². The predicted octanol–water partition coefficient (Wildman–Crippen LogP) is 4.52. The van der Waals surface area contributed by atoms with Crippen molar-refractivity contribution in [1.82, 2.24) is 4.98 Å². The monoisotopic (exact) mass is 418 g/mol. The maximum Gasteiger partial charge on any atom is 0.413 e. The molecular formula is C23H22N4O4. The molecule has 0 unspecified atom stereocenters. The van der Waals surface area contributed by atoms with Gasteiger partial charge in [0.2, 0.25) is 11.8 Å². The van der Waals surface area contributed by atoms with Gasteiger partial charge in [-0.05, 0) is 44.4 Å². The first-order chi connectivity index (χ1) is 14.7. The van der Waals surface area contributed by atoms with Crippen LogP contribution in [-0.4, -0.2) is 33.5 Å². The molecule has 0 aliphatic carbocycles. The molecule has 0 fully saturated rings. The molecule has 0 spiro atoms. The van der Waals surface area contributed by atoms with Crippen molar-refractivity contribution in [1.29, 1.82) is 0 Å². The second kappa shape index (κ2) is 7.39. The van der Waals surface area contributed by atoms with Crippen molar-refractivity contribution in [2.45, 2.75) is 32.7 Å². The molecule has 8 nitrogen and oxygen atoms in total. The normalized spacial score (nSPS) is 14.1. The SMILES string of the molecule is CC(C)(C)N(C(=O)O)c1ccc(N2C(=O)CC(=O)Nc3c2ccc2ccccc32)cn1. The molecule has 0 saturated carbocycles. The molecule has 0 saturated heterocycles. The smallest absolute Gasteiger partial charge is 0.413 e. The van der Waals surface area contributed by atoms with E-state index in [0.717, 1.165) is 15.7 Å². The summed E-state index contributed by atoms with van der Waals surface area (Å²) >= 11 is 0. The van der Waals surface area contributed by atoms with Crippen LogP contribution in [0, 0.1) is 0 Å². The van der Waals surface area contributed by atoms with E-state index in [-0.39, 0.29) is 18.1 Å². The minimum absolute atomic E-state index is 0.249. The molecule has 2 N–H and O–H groups in total. The van der Waals surface area contributed by atoms with E-state index in [1.165, 1.54) is 11.1 Å². The van der Waals surface area contributed by atoms with Crippen LogP contribution in [0.4, 0.5) is 27.7 Å². The Morgan fingerprint density at radius 3 is 2.48 bits per heavy atom. The van der Waals surface area contributed by atoms with Crippen LogP contribution in [0.2, 0.25) is 0 Å². The molecule has 0 bridgehead atoms. The number of hydrogen-bond acceptors (Lipinski definition) is 4. The fraction of sp³-hybridized carbons (Fsp3) is 0.217. The highest BCUT2D eigenvalue weighted by atomic mass is 16.4. The van der Waals surface area contributed by atoms with E-state index in [0.29, 0.717) is 17.1 Å². The molecule has 0 radical (unpaired) electrons. The summed E-state index contributed by atoms with van der Waals surface area (Å²) < 4.78 is 0. The van der Waals surface area contributed by atoms with E-state index in [1.807, 2.05) is 30.3 Å². The van der Waals surface area contributed by atoms with E-state index in [9.17, 15) is 19.5 Å². The third-order valence-corrected chi connectivity index (χ3v) is 5.06. The third kappa shape index (κ3) is 3.68. The Labute approximate surface area is 179 Å². The molecule has 2 heterocycles. The van der Waals surface area contributed by atoms with Gasteiger partial charge in [0.05, 0.1) is 23.3 Å². The largest absolute Gasteiger partial charge is 0.465 e. The van der Waals surface area contributed by atoms with Crippen molar-refractivity contribution in [3.8, 4) is 0 Å². The molecule has 31 heavy (non-hydrogen) atoms. The van der Waals surface area contributed by atoms with Crippen LogP contribution in [-0.2, 0) is 9.59 Å². The molecule has 1 aliphatic heterocycles.